The zero-order valence-corrected chi connectivity index (χ0v) is 22.8. The van der Waals surface area contributed by atoms with E-state index in [1.165, 1.54) is 25.3 Å². The number of ketones is 1. The first-order valence-corrected chi connectivity index (χ1v) is 14.0. The maximum Gasteiger partial charge on any atom is 0.237 e. The average molecular weight is 560 g/mol. The Morgan fingerprint density at radius 2 is 1.90 bits per heavy atom. The molecule has 39 heavy (non-hydrogen) atoms. The third-order valence-corrected chi connectivity index (χ3v) is 7.66. The van der Waals surface area contributed by atoms with Crippen LogP contribution in [-0.2, 0) is 22.4 Å². The van der Waals surface area contributed by atoms with Gasteiger partial charge >= 0.3 is 0 Å². The molecule has 3 aromatic rings. The highest BCUT2D eigenvalue weighted by atomic mass is 35.5. The average Bonchev–Trinajstić information content (AvgIpc) is 3.31. The van der Waals surface area contributed by atoms with E-state index in [9.17, 15) is 18.4 Å². The lowest BCUT2D eigenvalue weighted by Crippen LogP contribution is -2.49. The predicted octanol–water partition coefficient (Wildman–Crippen LogP) is 4.71. The van der Waals surface area contributed by atoms with Crippen molar-refractivity contribution >= 4 is 34.3 Å². The van der Waals surface area contributed by atoms with Gasteiger partial charge in [-0.2, -0.15) is 0 Å². The first kappa shape index (κ1) is 29.1. The summed E-state index contributed by atoms with van der Waals surface area (Å²) in [6.45, 7) is 3.26. The van der Waals surface area contributed by atoms with Gasteiger partial charge < -0.3 is 20.9 Å². The summed E-state index contributed by atoms with van der Waals surface area (Å²) in [6, 6.07) is 3.68. The molecule has 0 saturated carbocycles. The van der Waals surface area contributed by atoms with Gasteiger partial charge in [-0.05, 0) is 87.5 Å². The Morgan fingerprint density at radius 3 is 2.67 bits per heavy atom. The highest BCUT2D eigenvalue weighted by molar-refractivity contribution is 6.35. The number of unbranched alkanes of at least 4 members (excludes halogenated alkanes) is 1. The Balaban J connectivity index is 1.35. The van der Waals surface area contributed by atoms with E-state index in [0.717, 1.165) is 55.6 Å². The molecule has 2 atom stereocenters. The normalized spacial score (nSPS) is 15.8. The van der Waals surface area contributed by atoms with E-state index in [2.05, 4.69) is 20.2 Å². The lowest BCUT2D eigenvalue weighted by Gasteiger charge is -2.26. The molecule has 0 unspecified atom stereocenters. The summed E-state index contributed by atoms with van der Waals surface area (Å²) in [4.78, 5) is 35.9. The SMILES string of the molecule is N[C@H](CCCCN1CCCCC1)C(=O)N[C@@H](Cc1ccc(F)c(F)c1)C(=O)CCc1cnc2[nH]cc(Cl)c2c1. The molecular weight excluding hydrogens is 524 g/mol. The van der Waals surface area contributed by atoms with Crippen LogP contribution in [0.4, 0.5) is 8.78 Å². The van der Waals surface area contributed by atoms with E-state index in [1.807, 2.05) is 6.07 Å². The number of carbonyl (C=O) groups excluding carboxylic acids is 2. The summed E-state index contributed by atoms with van der Waals surface area (Å²) in [5.74, 6) is -2.62. The van der Waals surface area contributed by atoms with E-state index in [0.29, 0.717) is 29.1 Å². The third-order valence-electron chi connectivity index (χ3n) is 7.35. The number of pyridine rings is 1. The number of aryl methyl sites for hydroxylation is 1. The van der Waals surface area contributed by atoms with Crippen molar-refractivity contribution in [2.45, 2.75) is 69.9 Å². The third kappa shape index (κ3) is 8.30. The number of nitrogens with zero attached hydrogens (tertiary/aromatic N) is 2. The summed E-state index contributed by atoms with van der Waals surface area (Å²) in [5.41, 5.74) is 8.06. The number of amides is 1. The number of fused-ring (bicyclic) bond motifs is 1. The van der Waals surface area contributed by atoms with Gasteiger partial charge in [0.2, 0.25) is 5.91 Å². The Labute approximate surface area is 232 Å². The predicted molar refractivity (Wildman–Crippen MR) is 149 cm³/mol. The van der Waals surface area contributed by atoms with Crippen LogP contribution in [0.5, 0.6) is 0 Å². The quantitative estimate of drug-likeness (QED) is 0.263. The molecule has 2 aromatic heterocycles. The van der Waals surface area contributed by atoms with Gasteiger partial charge in [0.15, 0.2) is 17.4 Å². The zero-order chi connectivity index (χ0) is 27.8. The van der Waals surface area contributed by atoms with Crippen LogP contribution in [0.2, 0.25) is 5.02 Å². The number of H-pyrrole nitrogens is 1. The van der Waals surface area contributed by atoms with Crippen LogP contribution in [0.3, 0.4) is 0 Å². The maximum atomic E-state index is 13.8. The van der Waals surface area contributed by atoms with Crippen molar-refractivity contribution in [3.8, 4) is 0 Å². The van der Waals surface area contributed by atoms with Crippen LogP contribution >= 0.6 is 11.6 Å². The van der Waals surface area contributed by atoms with E-state index < -0.39 is 29.6 Å². The molecule has 7 nitrogen and oxygen atoms in total. The lowest BCUT2D eigenvalue weighted by molar-refractivity contribution is -0.128. The molecule has 3 heterocycles. The molecule has 0 radical (unpaired) electrons. The van der Waals surface area contributed by atoms with Gasteiger partial charge in [-0.25, -0.2) is 13.8 Å². The van der Waals surface area contributed by atoms with E-state index in [4.69, 9.17) is 17.3 Å². The van der Waals surface area contributed by atoms with Crippen LogP contribution in [0.15, 0.2) is 36.7 Å². The Morgan fingerprint density at radius 1 is 1.10 bits per heavy atom. The minimum atomic E-state index is -1.00. The second-order valence-electron chi connectivity index (χ2n) is 10.4. The number of Topliss-reactive ketones (excluding diaryl/α,β-unsaturated/α-hetero) is 1. The smallest absolute Gasteiger partial charge is 0.237 e. The van der Waals surface area contributed by atoms with Gasteiger partial charge in [0.1, 0.15) is 5.65 Å². The largest absolute Gasteiger partial charge is 0.345 e. The van der Waals surface area contributed by atoms with Crippen molar-refractivity contribution in [3.63, 3.8) is 0 Å². The second-order valence-corrected chi connectivity index (χ2v) is 10.8. The number of carbonyl (C=O) groups is 2. The minimum absolute atomic E-state index is 0.0321. The molecule has 0 aliphatic carbocycles. The van der Waals surface area contributed by atoms with Crippen molar-refractivity contribution in [2.24, 2.45) is 5.73 Å². The first-order chi connectivity index (χ1) is 18.8. The molecule has 4 rings (SSSR count). The number of likely N-dealkylation sites (tertiary alicyclic amines) is 1. The van der Waals surface area contributed by atoms with E-state index >= 15 is 0 Å². The number of aromatic nitrogens is 2. The van der Waals surface area contributed by atoms with Crippen molar-refractivity contribution in [2.75, 3.05) is 19.6 Å². The Kier molecular flexibility index (Phi) is 10.4. The fraction of sp³-hybridized carbons (Fsp3) is 0.483. The number of benzene rings is 1. The molecule has 1 amide bonds. The number of hydrogen-bond acceptors (Lipinski definition) is 5. The van der Waals surface area contributed by atoms with Crippen LogP contribution in [0.1, 0.15) is 56.1 Å². The van der Waals surface area contributed by atoms with Gasteiger partial charge in [-0.15, -0.1) is 0 Å². The Hall–Kier alpha value is -2.88. The monoisotopic (exact) mass is 559 g/mol. The van der Waals surface area contributed by atoms with Gasteiger partial charge in [-0.3, -0.25) is 9.59 Å². The number of halogens is 3. The van der Waals surface area contributed by atoms with Gasteiger partial charge in [0.05, 0.1) is 17.1 Å². The zero-order valence-electron chi connectivity index (χ0n) is 22.0. The number of aromatic amines is 1. The van der Waals surface area contributed by atoms with Gasteiger partial charge in [-0.1, -0.05) is 30.5 Å². The van der Waals surface area contributed by atoms with Crippen molar-refractivity contribution < 1.29 is 18.4 Å². The molecule has 1 aromatic carbocycles. The summed E-state index contributed by atoms with van der Waals surface area (Å²) in [7, 11) is 0. The van der Waals surface area contributed by atoms with E-state index in [-0.39, 0.29) is 18.6 Å². The number of nitrogens with one attached hydrogen (secondary N) is 2. The van der Waals surface area contributed by atoms with Crippen molar-refractivity contribution in [3.05, 3.63) is 64.4 Å². The fourth-order valence-electron chi connectivity index (χ4n) is 5.03. The van der Waals surface area contributed by atoms with Crippen molar-refractivity contribution in [1.29, 1.82) is 0 Å². The molecule has 210 valence electrons. The molecule has 1 fully saturated rings. The summed E-state index contributed by atoms with van der Waals surface area (Å²) < 4.78 is 27.3. The topological polar surface area (TPSA) is 104 Å². The van der Waals surface area contributed by atoms with Crippen LogP contribution in [-0.4, -0.2) is 58.3 Å². The van der Waals surface area contributed by atoms with Crippen LogP contribution in [0, 0.1) is 11.6 Å². The minimum Gasteiger partial charge on any atom is -0.345 e. The number of rotatable bonds is 13. The molecule has 0 spiro atoms. The number of piperidine rings is 1. The highest BCUT2D eigenvalue weighted by Crippen LogP contribution is 2.23. The van der Waals surface area contributed by atoms with Gasteiger partial charge in [0, 0.05) is 24.2 Å². The van der Waals surface area contributed by atoms with Crippen molar-refractivity contribution in [1.82, 2.24) is 20.2 Å². The summed E-state index contributed by atoms with van der Waals surface area (Å²) in [6.07, 6.45) is 9.90. The first-order valence-electron chi connectivity index (χ1n) is 13.7. The number of nitrogens with two attached hydrogens (primary N) is 1. The van der Waals surface area contributed by atoms with E-state index in [1.54, 1.807) is 12.4 Å². The molecule has 0 bridgehead atoms. The van der Waals surface area contributed by atoms with Crippen LogP contribution in [0.25, 0.3) is 11.0 Å². The maximum absolute atomic E-state index is 13.8. The number of hydrogen-bond donors (Lipinski definition) is 3. The highest BCUT2D eigenvalue weighted by Gasteiger charge is 2.24. The fourth-order valence-corrected chi connectivity index (χ4v) is 5.23. The Bertz CT molecular complexity index is 1280. The molecular formula is C29H36ClF2N5O2. The second kappa shape index (κ2) is 14.0. The van der Waals surface area contributed by atoms with Crippen LogP contribution < -0.4 is 11.1 Å². The summed E-state index contributed by atoms with van der Waals surface area (Å²) in [5, 5.41) is 4.08. The molecule has 10 heteroatoms. The lowest BCUT2D eigenvalue weighted by atomic mass is 9.97. The molecule has 1 aliphatic heterocycles. The molecule has 4 N–H and O–H groups in total. The standard InChI is InChI=1S/C29H36ClF2N5O2/c30-22-18-35-28-21(22)14-20(17-34-28)8-10-27(38)26(16-19-7-9-23(31)24(32)15-19)36-29(39)25(33)6-2-5-13-37-11-3-1-4-12-37/h7,9,14-15,17-18,25-26H,1-6,8,10-13,16,33H2,(H,34,35)(H,36,39)/t25-,26+/m1/s1. The molecule has 1 aliphatic rings. The van der Waals surface area contributed by atoms with Gasteiger partial charge in [0.25, 0.3) is 0 Å². The molecule has 1 saturated heterocycles. The summed E-state index contributed by atoms with van der Waals surface area (Å²) >= 11 is 6.19.